The van der Waals surface area contributed by atoms with E-state index in [0.717, 1.165) is 8.96 Å². The number of aromatic nitrogens is 3. The first kappa shape index (κ1) is 10.2. The van der Waals surface area contributed by atoms with Gasteiger partial charge in [0.2, 0.25) is 0 Å². The maximum atomic E-state index is 8.88. The summed E-state index contributed by atoms with van der Waals surface area (Å²) in [4.78, 5) is 8.08. The van der Waals surface area contributed by atoms with Crippen LogP contribution in [0.5, 0.6) is 0 Å². The number of nitriles is 1. The molecule has 6 heteroatoms. The quantitative estimate of drug-likeness (QED) is 0.813. The fourth-order valence-electron chi connectivity index (χ4n) is 1.42. The van der Waals surface area contributed by atoms with Gasteiger partial charge in [0.1, 0.15) is 23.8 Å². The predicted molar refractivity (Wildman–Crippen MR) is 65.0 cm³/mol. The van der Waals surface area contributed by atoms with Gasteiger partial charge in [0.05, 0.1) is 11.5 Å². The van der Waals surface area contributed by atoms with Crippen LogP contribution in [0.1, 0.15) is 13.0 Å². The number of hydrogen-bond donors (Lipinski definition) is 1. The Bertz CT molecular complexity index is 553. The zero-order chi connectivity index (χ0) is 11.0. The lowest BCUT2D eigenvalue weighted by atomic mass is 10.3. The summed E-state index contributed by atoms with van der Waals surface area (Å²) in [5.41, 5.74) is 6.47. The minimum atomic E-state index is -0.259. The van der Waals surface area contributed by atoms with Gasteiger partial charge in [0.25, 0.3) is 0 Å². The Morgan fingerprint density at radius 3 is 3.00 bits per heavy atom. The van der Waals surface area contributed by atoms with Crippen molar-refractivity contribution >= 4 is 39.4 Å². The second-order valence-corrected chi connectivity index (χ2v) is 4.31. The highest BCUT2D eigenvalue weighted by atomic mass is 127. The van der Waals surface area contributed by atoms with Crippen LogP contribution in [-0.2, 0) is 0 Å². The summed E-state index contributed by atoms with van der Waals surface area (Å²) >= 11 is 2.16. The molecule has 0 aliphatic rings. The molecule has 2 heterocycles. The van der Waals surface area contributed by atoms with E-state index in [1.54, 1.807) is 4.57 Å². The molecular formula is C9H8IN5. The first-order chi connectivity index (χ1) is 7.15. The molecule has 5 nitrogen and oxygen atoms in total. The van der Waals surface area contributed by atoms with E-state index in [9.17, 15) is 0 Å². The molecule has 0 aliphatic carbocycles. The molecule has 0 saturated heterocycles. The van der Waals surface area contributed by atoms with Crippen LogP contribution in [0.2, 0.25) is 0 Å². The molecule has 2 rings (SSSR count). The molecule has 2 aromatic rings. The van der Waals surface area contributed by atoms with Crippen LogP contribution in [-0.4, -0.2) is 14.5 Å². The number of fused-ring (bicyclic) bond motifs is 1. The largest absolute Gasteiger partial charge is 0.383 e. The Kier molecular flexibility index (Phi) is 2.48. The van der Waals surface area contributed by atoms with E-state index in [1.807, 2.05) is 13.1 Å². The number of nitrogens with two attached hydrogens (primary N) is 1. The fourth-order valence-corrected chi connectivity index (χ4v) is 2.24. The summed E-state index contributed by atoms with van der Waals surface area (Å²) in [5, 5.41) is 9.70. The summed E-state index contributed by atoms with van der Waals surface area (Å²) in [6.45, 7) is 1.81. The molecule has 2 aromatic heterocycles. The van der Waals surface area contributed by atoms with Gasteiger partial charge in [-0.25, -0.2) is 9.97 Å². The van der Waals surface area contributed by atoms with E-state index in [4.69, 9.17) is 11.0 Å². The Balaban J connectivity index is 2.80. The second-order valence-electron chi connectivity index (χ2n) is 3.15. The van der Waals surface area contributed by atoms with Crippen LogP contribution < -0.4 is 5.73 Å². The van der Waals surface area contributed by atoms with E-state index in [-0.39, 0.29) is 6.04 Å². The third-order valence-electron chi connectivity index (χ3n) is 2.20. The molecule has 2 N–H and O–H groups in total. The van der Waals surface area contributed by atoms with Gasteiger partial charge in [0.15, 0.2) is 0 Å². The Morgan fingerprint density at radius 2 is 2.33 bits per heavy atom. The van der Waals surface area contributed by atoms with E-state index in [2.05, 4.69) is 38.6 Å². The fraction of sp³-hybridized carbons (Fsp3) is 0.222. The van der Waals surface area contributed by atoms with Crippen LogP contribution in [0.4, 0.5) is 5.82 Å². The molecule has 0 bridgehead atoms. The van der Waals surface area contributed by atoms with Crippen LogP contribution >= 0.6 is 22.6 Å². The molecule has 76 valence electrons. The average molecular weight is 313 g/mol. The van der Waals surface area contributed by atoms with Crippen molar-refractivity contribution < 1.29 is 0 Å². The molecule has 0 spiro atoms. The van der Waals surface area contributed by atoms with Crippen molar-refractivity contribution in [3.05, 3.63) is 16.1 Å². The van der Waals surface area contributed by atoms with E-state index in [0.29, 0.717) is 11.5 Å². The molecule has 1 atom stereocenters. The van der Waals surface area contributed by atoms with E-state index in [1.165, 1.54) is 6.33 Å². The molecule has 0 saturated carbocycles. The van der Waals surface area contributed by atoms with Gasteiger partial charge in [-0.2, -0.15) is 5.26 Å². The van der Waals surface area contributed by atoms with Crippen LogP contribution in [0, 0.1) is 14.9 Å². The Labute approximate surface area is 100 Å². The second kappa shape index (κ2) is 3.66. The van der Waals surface area contributed by atoms with Crippen molar-refractivity contribution in [3.63, 3.8) is 0 Å². The summed E-state index contributed by atoms with van der Waals surface area (Å²) in [6, 6.07) is 1.91. The summed E-state index contributed by atoms with van der Waals surface area (Å²) in [7, 11) is 0. The third-order valence-corrected chi connectivity index (χ3v) is 3.01. The van der Waals surface area contributed by atoms with Gasteiger partial charge in [0, 0.05) is 9.77 Å². The van der Waals surface area contributed by atoms with Gasteiger partial charge >= 0.3 is 0 Å². The van der Waals surface area contributed by atoms with Crippen LogP contribution in [0.15, 0.2) is 12.5 Å². The summed E-state index contributed by atoms with van der Waals surface area (Å²) < 4.78 is 2.76. The Hall–Kier alpha value is -1.36. The standard InChI is InChI=1S/C9H8IN5/c1-5(2-11)15-3-6(10)7-8(12)13-4-14-9(7)15/h3-5H,1H3,(H2,12,13,14). The lowest BCUT2D eigenvalue weighted by molar-refractivity contribution is 0.692. The first-order valence-electron chi connectivity index (χ1n) is 4.31. The minimum Gasteiger partial charge on any atom is -0.383 e. The van der Waals surface area contributed by atoms with Crippen molar-refractivity contribution in [1.29, 1.82) is 5.26 Å². The number of halogens is 1. The SMILES string of the molecule is CC(C#N)n1cc(I)c2c(N)ncnc21. The molecular weight excluding hydrogens is 305 g/mol. The molecule has 0 fully saturated rings. The number of nitrogens with zero attached hydrogens (tertiary/aromatic N) is 4. The third kappa shape index (κ3) is 1.52. The number of nitrogen functional groups attached to an aromatic ring is 1. The molecule has 0 radical (unpaired) electrons. The zero-order valence-corrected chi connectivity index (χ0v) is 10.1. The highest BCUT2D eigenvalue weighted by Crippen LogP contribution is 2.27. The van der Waals surface area contributed by atoms with Crippen LogP contribution in [0.25, 0.3) is 11.0 Å². The van der Waals surface area contributed by atoms with Gasteiger partial charge in [-0.15, -0.1) is 0 Å². The topological polar surface area (TPSA) is 80.5 Å². The molecule has 0 aromatic carbocycles. The van der Waals surface area contributed by atoms with Gasteiger partial charge in [-0.05, 0) is 29.5 Å². The number of rotatable bonds is 1. The van der Waals surface area contributed by atoms with Gasteiger partial charge < -0.3 is 10.3 Å². The summed E-state index contributed by atoms with van der Waals surface area (Å²) in [5.74, 6) is 0.452. The van der Waals surface area contributed by atoms with Crippen molar-refractivity contribution in [1.82, 2.24) is 14.5 Å². The monoisotopic (exact) mass is 313 g/mol. The normalized spacial score (nSPS) is 12.6. The molecule has 0 aliphatic heterocycles. The van der Waals surface area contributed by atoms with Crippen molar-refractivity contribution in [3.8, 4) is 6.07 Å². The average Bonchev–Trinajstić information content (AvgIpc) is 2.56. The van der Waals surface area contributed by atoms with Crippen molar-refractivity contribution in [2.75, 3.05) is 5.73 Å². The smallest absolute Gasteiger partial charge is 0.147 e. The van der Waals surface area contributed by atoms with Crippen molar-refractivity contribution in [2.24, 2.45) is 0 Å². The lowest BCUT2D eigenvalue weighted by Crippen LogP contribution is -2.02. The molecule has 0 amide bonds. The van der Waals surface area contributed by atoms with Crippen molar-refractivity contribution in [2.45, 2.75) is 13.0 Å². The van der Waals surface area contributed by atoms with Crippen LogP contribution in [0.3, 0.4) is 0 Å². The zero-order valence-electron chi connectivity index (χ0n) is 7.98. The highest BCUT2D eigenvalue weighted by molar-refractivity contribution is 14.1. The number of hydrogen-bond acceptors (Lipinski definition) is 4. The maximum absolute atomic E-state index is 8.88. The highest BCUT2D eigenvalue weighted by Gasteiger charge is 2.14. The van der Waals surface area contributed by atoms with Gasteiger partial charge in [-0.1, -0.05) is 0 Å². The molecule has 15 heavy (non-hydrogen) atoms. The Morgan fingerprint density at radius 1 is 1.60 bits per heavy atom. The predicted octanol–water partition coefficient (Wildman–Crippen LogP) is 1.70. The van der Waals surface area contributed by atoms with Gasteiger partial charge in [-0.3, -0.25) is 0 Å². The first-order valence-corrected chi connectivity index (χ1v) is 5.39. The minimum absolute atomic E-state index is 0.259. The maximum Gasteiger partial charge on any atom is 0.147 e. The van der Waals surface area contributed by atoms with E-state index < -0.39 is 0 Å². The van der Waals surface area contributed by atoms with E-state index >= 15 is 0 Å². The number of anilines is 1. The summed E-state index contributed by atoms with van der Waals surface area (Å²) in [6.07, 6.45) is 3.28. The molecule has 1 unspecified atom stereocenters. The lowest BCUT2D eigenvalue weighted by Gasteiger charge is -2.05.